The molecule has 2 aromatic heterocycles. The highest BCUT2D eigenvalue weighted by Gasteiger charge is 2.17. The number of carbonyl (C=O) groups is 1. The van der Waals surface area contributed by atoms with Gasteiger partial charge in [0, 0.05) is 22.2 Å². The number of nitrogens with one attached hydrogen (secondary N) is 1. The Morgan fingerprint density at radius 3 is 2.55 bits per heavy atom. The van der Waals surface area contributed by atoms with Gasteiger partial charge in [-0.15, -0.1) is 11.3 Å². The quantitative estimate of drug-likeness (QED) is 0.679. The molecule has 0 aliphatic heterocycles. The molecule has 1 amide bonds. The first-order chi connectivity index (χ1) is 10.2. The monoisotopic (exact) mass is 337 g/mol. The van der Waals surface area contributed by atoms with Crippen molar-refractivity contribution in [1.29, 1.82) is 0 Å². The standard InChI is InChI=1S/C16H23N3OS2/c1-7-11-17-14(21-8-12(20)19-16(4,5)6)13-9(2)10(3)22-15(13)18-11/h7-8H2,1-6H3,(H,19,20). The number of carbonyl (C=O) groups excluding carboxylic acids is 1. The Kier molecular flexibility index (Phi) is 5.12. The van der Waals surface area contributed by atoms with Gasteiger partial charge in [-0.05, 0) is 40.2 Å². The van der Waals surface area contributed by atoms with Crippen molar-refractivity contribution < 1.29 is 4.79 Å². The number of thiophene rings is 1. The van der Waals surface area contributed by atoms with E-state index >= 15 is 0 Å². The van der Waals surface area contributed by atoms with E-state index in [2.05, 4.69) is 36.1 Å². The van der Waals surface area contributed by atoms with Crippen LogP contribution in [0.2, 0.25) is 0 Å². The normalized spacial score (nSPS) is 11.9. The van der Waals surface area contributed by atoms with Crippen molar-refractivity contribution in [3.63, 3.8) is 0 Å². The van der Waals surface area contributed by atoms with Crippen LogP contribution in [0.15, 0.2) is 5.03 Å². The van der Waals surface area contributed by atoms with E-state index in [1.165, 1.54) is 22.2 Å². The molecule has 2 aromatic rings. The molecule has 1 N–H and O–H groups in total. The molecule has 0 aliphatic carbocycles. The van der Waals surface area contributed by atoms with E-state index in [1.54, 1.807) is 11.3 Å². The summed E-state index contributed by atoms with van der Waals surface area (Å²) in [7, 11) is 0. The number of hydrogen-bond acceptors (Lipinski definition) is 5. The predicted molar refractivity (Wildman–Crippen MR) is 94.9 cm³/mol. The first kappa shape index (κ1) is 17.2. The van der Waals surface area contributed by atoms with Crippen molar-refractivity contribution in [3.05, 3.63) is 16.3 Å². The molecule has 0 fully saturated rings. The van der Waals surface area contributed by atoms with Gasteiger partial charge in [0.05, 0.1) is 5.75 Å². The fourth-order valence-corrected chi connectivity index (χ4v) is 4.12. The van der Waals surface area contributed by atoms with Gasteiger partial charge < -0.3 is 5.32 Å². The van der Waals surface area contributed by atoms with Gasteiger partial charge in [0.2, 0.25) is 5.91 Å². The van der Waals surface area contributed by atoms with E-state index in [0.29, 0.717) is 5.75 Å². The fourth-order valence-electron chi connectivity index (χ4n) is 2.11. The molecule has 2 rings (SSSR count). The maximum absolute atomic E-state index is 12.0. The van der Waals surface area contributed by atoms with Gasteiger partial charge in [0.1, 0.15) is 15.7 Å². The number of rotatable bonds is 4. The number of aromatic nitrogens is 2. The van der Waals surface area contributed by atoms with E-state index in [0.717, 1.165) is 27.5 Å². The molecule has 0 spiro atoms. The lowest BCUT2D eigenvalue weighted by molar-refractivity contribution is -0.119. The lowest BCUT2D eigenvalue weighted by atomic mass is 10.1. The Hall–Kier alpha value is -1.14. The van der Waals surface area contributed by atoms with Crippen LogP contribution in [0.4, 0.5) is 0 Å². The SMILES string of the molecule is CCc1nc(SCC(=O)NC(C)(C)C)c2c(C)c(C)sc2n1. The van der Waals surface area contributed by atoms with Gasteiger partial charge in [-0.2, -0.15) is 0 Å². The van der Waals surface area contributed by atoms with Gasteiger partial charge in [-0.1, -0.05) is 18.7 Å². The van der Waals surface area contributed by atoms with Crippen LogP contribution >= 0.6 is 23.1 Å². The summed E-state index contributed by atoms with van der Waals surface area (Å²) in [5.41, 5.74) is 1.02. The summed E-state index contributed by atoms with van der Waals surface area (Å²) in [4.78, 5) is 23.6. The largest absolute Gasteiger partial charge is 0.351 e. The number of thioether (sulfide) groups is 1. The number of aryl methyl sites for hydroxylation is 3. The van der Waals surface area contributed by atoms with Gasteiger partial charge >= 0.3 is 0 Å². The molecular formula is C16H23N3OS2. The molecule has 2 heterocycles. The van der Waals surface area contributed by atoms with Crippen LogP contribution in [-0.2, 0) is 11.2 Å². The first-order valence-electron chi connectivity index (χ1n) is 7.41. The number of nitrogens with zero attached hydrogens (tertiary/aromatic N) is 2. The Morgan fingerprint density at radius 2 is 1.95 bits per heavy atom. The highest BCUT2D eigenvalue weighted by molar-refractivity contribution is 8.00. The maximum atomic E-state index is 12.0. The second-order valence-electron chi connectivity index (χ2n) is 6.35. The summed E-state index contributed by atoms with van der Waals surface area (Å²) < 4.78 is 0. The summed E-state index contributed by atoms with van der Waals surface area (Å²) in [6.45, 7) is 12.2. The zero-order chi connectivity index (χ0) is 16.5. The van der Waals surface area contributed by atoms with Crippen molar-refractivity contribution >= 4 is 39.2 Å². The Labute approximate surface area is 140 Å². The third kappa shape index (κ3) is 3.98. The van der Waals surface area contributed by atoms with Crippen LogP contribution in [0.3, 0.4) is 0 Å². The van der Waals surface area contributed by atoms with Gasteiger partial charge in [0.25, 0.3) is 0 Å². The van der Waals surface area contributed by atoms with E-state index in [-0.39, 0.29) is 11.4 Å². The number of hydrogen-bond donors (Lipinski definition) is 1. The van der Waals surface area contributed by atoms with Crippen molar-refractivity contribution in [2.24, 2.45) is 0 Å². The summed E-state index contributed by atoms with van der Waals surface area (Å²) in [5.74, 6) is 1.25. The highest BCUT2D eigenvalue weighted by Crippen LogP contribution is 2.35. The molecular weight excluding hydrogens is 314 g/mol. The molecule has 0 atom stereocenters. The predicted octanol–water partition coefficient (Wildman–Crippen LogP) is 3.88. The molecule has 120 valence electrons. The van der Waals surface area contributed by atoms with Crippen LogP contribution in [0, 0.1) is 13.8 Å². The summed E-state index contributed by atoms with van der Waals surface area (Å²) >= 11 is 3.20. The zero-order valence-corrected chi connectivity index (χ0v) is 15.7. The molecule has 0 saturated carbocycles. The lowest BCUT2D eigenvalue weighted by Crippen LogP contribution is -2.41. The van der Waals surface area contributed by atoms with E-state index in [9.17, 15) is 4.79 Å². The second kappa shape index (κ2) is 6.54. The molecule has 0 bridgehead atoms. The highest BCUT2D eigenvalue weighted by atomic mass is 32.2. The van der Waals surface area contributed by atoms with Crippen LogP contribution < -0.4 is 5.32 Å². The second-order valence-corrected chi connectivity index (χ2v) is 8.52. The topological polar surface area (TPSA) is 54.9 Å². The van der Waals surface area contributed by atoms with Gasteiger partial charge in [-0.3, -0.25) is 4.79 Å². The van der Waals surface area contributed by atoms with E-state index < -0.39 is 0 Å². The zero-order valence-electron chi connectivity index (χ0n) is 14.0. The summed E-state index contributed by atoms with van der Waals surface area (Å²) in [6, 6.07) is 0. The average Bonchev–Trinajstić information content (AvgIpc) is 2.69. The van der Waals surface area contributed by atoms with Crippen molar-refractivity contribution in [2.45, 2.75) is 58.5 Å². The van der Waals surface area contributed by atoms with Crippen molar-refractivity contribution in [1.82, 2.24) is 15.3 Å². The third-order valence-electron chi connectivity index (χ3n) is 3.21. The minimum absolute atomic E-state index is 0.0342. The smallest absolute Gasteiger partial charge is 0.230 e. The Morgan fingerprint density at radius 1 is 1.27 bits per heavy atom. The van der Waals surface area contributed by atoms with Crippen LogP contribution in [0.5, 0.6) is 0 Å². The third-order valence-corrected chi connectivity index (χ3v) is 5.29. The molecule has 0 aromatic carbocycles. The minimum Gasteiger partial charge on any atom is -0.351 e. The van der Waals surface area contributed by atoms with Gasteiger partial charge in [-0.25, -0.2) is 9.97 Å². The summed E-state index contributed by atoms with van der Waals surface area (Å²) in [6.07, 6.45) is 0.799. The van der Waals surface area contributed by atoms with Crippen LogP contribution in [0.1, 0.15) is 44.0 Å². The first-order valence-corrected chi connectivity index (χ1v) is 9.22. The average molecular weight is 338 g/mol. The van der Waals surface area contributed by atoms with Crippen LogP contribution in [0.25, 0.3) is 10.2 Å². The minimum atomic E-state index is -0.206. The molecule has 6 heteroatoms. The Bertz CT molecular complexity index is 701. The Balaban J connectivity index is 2.28. The molecule has 0 aliphatic rings. The van der Waals surface area contributed by atoms with Crippen LogP contribution in [-0.4, -0.2) is 27.2 Å². The molecule has 0 radical (unpaired) electrons. The molecule has 0 saturated heterocycles. The maximum Gasteiger partial charge on any atom is 0.230 e. The number of amides is 1. The van der Waals surface area contributed by atoms with Crippen molar-refractivity contribution in [3.8, 4) is 0 Å². The van der Waals surface area contributed by atoms with E-state index in [4.69, 9.17) is 0 Å². The van der Waals surface area contributed by atoms with E-state index in [1.807, 2.05) is 20.8 Å². The number of fused-ring (bicyclic) bond motifs is 1. The van der Waals surface area contributed by atoms with Gasteiger partial charge in [0.15, 0.2) is 0 Å². The molecule has 4 nitrogen and oxygen atoms in total. The molecule has 22 heavy (non-hydrogen) atoms. The molecule has 0 unspecified atom stereocenters. The fraction of sp³-hybridized carbons (Fsp3) is 0.562. The summed E-state index contributed by atoms with van der Waals surface area (Å²) in [5, 5.41) is 5.01. The van der Waals surface area contributed by atoms with Crippen molar-refractivity contribution in [2.75, 3.05) is 5.75 Å². The lowest BCUT2D eigenvalue weighted by Gasteiger charge is -2.20.